The lowest BCUT2D eigenvalue weighted by Crippen LogP contribution is -3.00. The van der Waals surface area contributed by atoms with Gasteiger partial charge in [0.25, 0.3) is 0 Å². The Kier molecular flexibility index (Phi) is 13.3. The third kappa shape index (κ3) is 9.72. The van der Waals surface area contributed by atoms with Crippen molar-refractivity contribution in [2.24, 2.45) is 0 Å². The van der Waals surface area contributed by atoms with Gasteiger partial charge in [-0.05, 0) is 135 Å². The third-order valence-electron chi connectivity index (χ3n) is 7.95. The van der Waals surface area contributed by atoms with Crippen LogP contribution in [0.15, 0.2) is 170 Å². The minimum absolute atomic E-state index is 0. The summed E-state index contributed by atoms with van der Waals surface area (Å²) >= 11 is 0. The van der Waals surface area contributed by atoms with Gasteiger partial charge in [0.2, 0.25) is 10.4 Å². The number of tetrazole rings is 2. The number of hydrogen-bond acceptors (Lipinski definition) is 8. The number of halogens is 2. The molecule has 0 spiro atoms. The van der Waals surface area contributed by atoms with E-state index in [2.05, 4.69) is 52.7 Å². The van der Waals surface area contributed by atoms with Crippen molar-refractivity contribution in [1.29, 1.82) is 0 Å². The van der Waals surface area contributed by atoms with Crippen LogP contribution < -0.4 is 34.4 Å². The van der Waals surface area contributed by atoms with Gasteiger partial charge in [-0.1, -0.05) is 72.8 Å². The largest absolute Gasteiger partial charge is 1.00 e. The van der Waals surface area contributed by atoms with E-state index >= 15 is 0 Å². The zero-order valence-corrected chi connectivity index (χ0v) is 31.6. The Hall–Kier alpha value is -6.09. The summed E-state index contributed by atoms with van der Waals surface area (Å²) in [5.74, 6) is 1.31. The normalized spacial score (nSPS) is 10.7. The fraction of sp³-hybridized carbons (Fsp3) is 0.0500. The lowest BCUT2D eigenvalue weighted by Gasteiger charge is -2.04. The first-order chi connectivity index (χ1) is 25.9. The van der Waals surface area contributed by atoms with E-state index in [0.717, 1.165) is 45.0 Å². The molecule has 0 aliphatic carbocycles. The van der Waals surface area contributed by atoms with Gasteiger partial charge >= 0.3 is 11.6 Å². The van der Waals surface area contributed by atoms with Crippen LogP contribution in [0.25, 0.3) is 56.7 Å². The molecule has 0 radical (unpaired) electrons. The summed E-state index contributed by atoms with van der Waals surface area (Å²) in [6, 6.07) is 56.8. The molecule has 2 heterocycles. The molecular weight excluding hydrogens is 759 g/mol. The Labute approximate surface area is 330 Å². The minimum atomic E-state index is -4.42. The van der Waals surface area contributed by atoms with Crippen LogP contribution in [-0.2, 0) is 14.6 Å². The van der Waals surface area contributed by atoms with Crippen molar-refractivity contribution >= 4 is 10.4 Å². The first-order valence-corrected chi connectivity index (χ1v) is 18.0. The standard InChI is InChI=1S/C38H28N8.C2H6O4S.2ClH/c1-5-13-31(14-6-1)37-39-43(33-17-9-3-10-18-33)45(41-37)35-25-21-29(22-26-35)30-23-27-36(28-24-30)46-42-38(32-15-7-2-8-16-32)40-44(46)34-19-11-4-12-20-34;1-2-6-7(3,4)5;;/h1-28H;2H2,1H3,(H,3,4,5);2*1H/q+2;;;/p-3. The molecule has 12 nitrogen and oxygen atoms in total. The van der Waals surface area contributed by atoms with E-state index in [0.29, 0.717) is 11.6 Å². The van der Waals surface area contributed by atoms with Gasteiger partial charge in [0.05, 0.1) is 27.9 Å². The van der Waals surface area contributed by atoms with Crippen LogP contribution >= 0.6 is 0 Å². The summed E-state index contributed by atoms with van der Waals surface area (Å²) in [5, 5.41) is 19.5. The summed E-state index contributed by atoms with van der Waals surface area (Å²) in [6.45, 7) is 1.33. The highest BCUT2D eigenvalue weighted by molar-refractivity contribution is 7.80. The molecule has 0 saturated carbocycles. The lowest BCUT2D eigenvalue weighted by molar-refractivity contribution is -0.734. The molecule has 8 aromatic rings. The van der Waals surface area contributed by atoms with Crippen LogP contribution in [0.4, 0.5) is 0 Å². The highest BCUT2D eigenvalue weighted by atomic mass is 35.5. The van der Waals surface area contributed by atoms with Gasteiger partial charge in [-0.15, -0.1) is 0 Å². The van der Waals surface area contributed by atoms with Gasteiger partial charge in [0.15, 0.2) is 11.4 Å². The maximum absolute atomic E-state index is 9.45. The quantitative estimate of drug-likeness (QED) is 0.112. The van der Waals surface area contributed by atoms with Crippen LogP contribution in [0.2, 0.25) is 0 Å². The zero-order chi connectivity index (χ0) is 36.6. The van der Waals surface area contributed by atoms with Crippen LogP contribution in [0.1, 0.15) is 6.92 Å². The van der Waals surface area contributed by atoms with Crippen LogP contribution in [0.3, 0.4) is 0 Å². The molecule has 0 fully saturated rings. The monoisotopic (exact) mass is 791 g/mol. The molecule has 0 saturated heterocycles. The number of para-hydroxylation sites is 2. The average Bonchev–Trinajstić information content (AvgIpc) is 3.86. The second kappa shape index (κ2) is 18.3. The average molecular weight is 793 g/mol. The summed E-state index contributed by atoms with van der Waals surface area (Å²) in [6.07, 6.45) is 0. The molecule has 0 atom stereocenters. The topological polar surface area (TPSA) is 136 Å². The van der Waals surface area contributed by atoms with Crippen molar-refractivity contribution in [3.05, 3.63) is 170 Å². The van der Waals surface area contributed by atoms with E-state index in [1.165, 1.54) is 6.92 Å². The summed E-state index contributed by atoms with van der Waals surface area (Å²) in [5.41, 5.74) is 7.74. The lowest BCUT2D eigenvalue weighted by atomic mass is 10.1. The summed E-state index contributed by atoms with van der Waals surface area (Å²) in [7, 11) is -4.42. The molecule has 0 aliphatic rings. The minimum Gasteiger partial charge on any atom is -1.00 e. The second-order valence-electron chi connectivity index (χ2n) is 11.5. The van der Waals surface area contributed by atoms with E-state index in [4.69, 9.17) is 20.4 Å². The van der Waals surface area contributed by atoms with E-state index in [1.807, 2.05) is 141 Å². The highest BCUT2D eigenvalue weighted by Crippen LogP contribution is 2.22. The van der Waals surface area contributed by atoms with E-state index < -0.39 is 10.4 Å². The van der Waals surface area contributed by atoms with Gasteiger partial charge in [0, 0.05) is 9.59 Å². The van der Waals surface area contributed by atoms with Crippen molar-refractivity contribution < 1.29 is 51.6 Å². The molecule has 0 unspecified atom stereocenters. The Morgan fingerprint density at radius 1 is 0.509 bits per heavy atom. The molecule has 6 aromatic carbocycles. The van der Waals surface area contributed by atoms with Gasteiger partial charge in [-0.25, -0.2) is 8.42 Å². The van der Waals surface area contributed by atoms with Crippen molar-refractivity contribution in [3.63, 3.8) is 0 Å². The summed E-state index contributed by atoms with van der Waals surface area (Å²) < 4.78 is 32.0. The van der Waals surface area contributed by atoms with Crippen molar-refractivity contribution in [1.82, 2.24) is 30.0 Å². The van der Waals surface area contributed by atoms with Gasteiger partial charge in [-0.2, -0.15) is 0 Å². The van der Waals surface area contributed by atoms with Gasteiger partial charge in [0.1, 0.15) is 11.4 Å². The van der Waals surface area contributed by atoms with Crippen LogP contribution in [0, 0.1) is 0 Å². The molecule has 278 valence electrons. The van der Waals surface area contributed by atoms with Gasteiger partial charge in [-0.3, -0.25) is 4.18 Å². The third-order valence-corrected chi connectivity index (χ3v) is 8.47. The number of aromatic nitrogens is 8. The van der Waals surface area contributed by atoms with Crippen molar-refractivity contribution in [2.75, 3.05) is 6.61 Å². The SMILES string of the molecule is CCOS(=O)(=O)[O-].[Cl-].[Cl-].c1ccc(-c2nn(-c3ccccc3)[n+](-c3ccc(-c4ccc(-[n+]5nc(-c6ccccc6)nn5-c5ccccc5)cc4)cc3)n2)cc1. The first-order valence-electron chi connectivity index (χ1n) is 16.7. The fourth-order valence-corrected chi connectivity index (χ4v) is 5.77. The number of hydrogen-bond donors (Lipinski definition) is 0. The first kappa shape index (κ1) is 40.1. The molecular formula is C40H33Cl2N8O4S-. The molecule has 0 amide bonds. The van der Waals surface area contributed by atoms with Crippen molar-refractivity contribution in [2.45, 2.75) is 6.92 Å². The fourth-order valence-electron chi connectivity index (χ4n) is 5.48. The Balaban J connectivity index is 0.000000591. The second-order valence-corrected chi connectivity index (χ2v) is 12.6. The maximum atomic E-state index is 9.45. The Bertz CT molecular complexity index is 2360. The molecule has 15 heteroatoms. The number of nitrogens with zero attached hydrogens (tertiary/aromatic N) is 8. The predicted molar refractivity (Wildman–Crippen MR) is 197 cm³/mol. The van der Waals surface area contributed by atoms with Crippen LogP contribution in [-0.4, -0.2) is 49.6 Å². The zero-order valence-electron chi connectivity index (χ0n) is 29.2. The van der Waals surface area contributed by atoms with Crippen molar-refractivity contribution in [3.8, 4) is 56.7 Å². The Morgan fingerprint density at radius 3 is 1.13 bits per heavy atom. The predicted octanol–water partition coefficient (Wildman–Crippen LogP) is -0.106. The molecule has 55 heavy (non-hydrogen) atoms. The van der Waals surface area contributed by atoms with Crippen LogP contribution in [0.5, 0.6) is 0 Å². The number of rotatable bonds is 9. The molecule has 8 rings (SSSR count). The maximum Gasteiger partial charge on any atom is 0.340 e. The van der Waals surface area contributed by atoms with Gasteiger partial charge < -0.3 is 29.4 Å². The van der Waals surface area contributed by atoms with E-state index in [-0.39, 0.29) is 31.4 Å². The smallest absolute Gasteiger partial charge is 0.340 e. The highest BCUT2D eigenvalue weighted by Gasteiger charge is 2.25. The Morgan fingerprint density at radius 2 is 0.836 bits per heavy atom. The van der Waals surface area contributed by atoms with E-state index in [1.54, 1.807) is 0 Å². The molecule has 0 bridgehead atoms. The summed E-state index contributed by atoms with van der Waals surface area (Å²) in [4.78, 5) is 7.33. The molecule has 2 aromatic heterocycles. The molecule has 0 N–H and O–H groups in total. The van der Waals surface area contributed by atoms with E-state index in [9.17, 15) is 13.0 Å². The molecule has 0 aliphatic heterocycles. The number of benzene rings is 6.